The van der Waals surface area contributed by atoms with Crippen LogP contribution in [0.25, 0.3) is 0 Å². The second kappa shape index (κ2) is 6.05. The van der Waals surface area contributed by atoms with Crippen molar-refractivity contribution in [3.63, 3.8) is 0 Å². The van der Waals surface area contributed by atoms with Gasteiger partial charge in [-0.05, 0) is 24.3 Å². The summed E-state index contributed by atoms with van der Waals surface area (Å²) < 4.78 is 0. The minimum Gasteiger partial charge on any atom is -0.342 e. The summed E-state index contributed by atoms with van der Waals surface area (Å²) in [6, 6.07) is 0. The largest absolute Gasteiger partial charge is 0.342 e. The fraction of sp³-hybridized carbons (Fsp3) is 0.933. The predicted molar refractivity (Wildman–Crippen MR) is 76.5 cm³/mol. The molecule has 0 aromatic heterocycles. The van der Waals surface area contributed by atoms with Gasteiger partial charge in [0.25, 0.3) is 0 Å². The Hall–Kier alpha value is -0.570. The van der Waals surface area contributed by atoms with Gasteiger partial charge in [-0.3, -0.25) is 4.79 Å². The maximum absolute atomic E-state index is 12.0. The van der Waals surface area contributed by atoms with Gasteiger partial charge in [0.2, 0.25) is 5.91 Å². The second-order valence-corrected chi connectivity index (χ2v) is 7.27. The zero-order valence-electron chi connectivity index (χ0n) is 13.0. The van der Waals surface area contributed by atoms with E-state index in [2.05, 4.69) is 46.6 Å². The Morgan fingerprint density at radius 2 is 1.89 bits per heavy atom. The highest BCUT2D eigenvalue weighted by molar-refractivity contribution is 5.77. The molecule has 0 aromatic carbocycles. The molecule has 0 radical (unpaired) electrons. The molecule has 0 N–H and O–H groups in total. The molecular formula is C15H30N2O. The van der Waals surface area contributed by atoms with E-state index in [1.807, 2.05) is 4.90 Å². The van der Waals surface area contributed by atoms with Gasteiger partial charge in [-0.2, -0.15) is 0 Å². The van der Waals surface area contributed by atoms with E-state index in [1.54, 1.807) is 0 Å². The van der Waals surface area contributed by atoms with Crippen molar-refractivity contribution in [2.45, 2.75) is 41.0 Å². The molecule has 1 amide bonds. The van der Waals surface area contributed by atoms with Gasteiger partial charge in [0.15, 0.2) is 0 Å². The van der Waals surface area contributed by atoms with Crippen molar-refractivity contribution < 1.29 is 4.79 Å². The molecule has 0 unspecified atom stereocenters. The van der Waals surface area contributed by atoms with Crippen LogP contribution in [-0.2, 0) is 4.79 Å². The van der Waals surface area contributed by atoms with E-state index in [4.69, 9.17) is 0 Å². The molecule has 1 saturated heterocycles. The van der Waals surface area contributed by atoms with Crippen LogP contribution in [0.1, 0.15) is 41.0 Å². The topological polar surface area (TPSA) is 23.6 Å². The number of hydrogen-bond acceptors (Lipinski definition) is 2. The van der Waals surface area contributed by atoms with Crippen molar-refractivity contribution >= 4 is 5.91 Å². The Bertz CT molecular complexity index is 275. The lowest BCUT2D eigenvalue weighted by Crippen LogP contribution is -2.54. The molecule has 0 atom stereocenters. The molecule has 106 valence electrons. The van der Waals surface area contributed by atoms with E-state index in [0.717, 1.165) is 26.2 Å². The Labute approximate surface area is 113 Å². The van der Waals surface area contributed by atoms with Gasteiger partial charge in [-0.25, -0.2) is 0 Å². The van der Waals surface area contributed by atoms with Gasteiger partial charge in [0.05, 0.1) is 0 Å². The molecule has 1 heterocycles. The second-order valence-electron chi connectivity index (χ2n) is 7.27. The monoisotopic (exact) mass is 254 g/mol. The van der Waals surface area contributed by atoms with Gasteiger partial charge >= 0.3 is 0 Å². The number of hydrogen-bond donors (Lipinski definition) is 0. The minimum atomic E-state index is 0.325. The number of carbonyl (C=O) groups excluding carboxylic acids is 1. The first-order chi connectivity index (χ1) is 8.20. The first-order valence-electron chi connectivity index (χ1n) is 7.16. The van der Waals surface area contributed by atoms with Crippen molar-refractivity contribution in [1.82, 2.24) is 9.80 Å². The number of nitrogens with zero attached hydrogens (tertiary/aromatic N) is 2. The van der Waals surface area contributed by atoms with Gasteiger partial charge in [-0.15, -0.1) is 0 Å². The first kappa shape index (κ1) is 15.5. The summed E-state index contributed by atoms with van der Waals surface area (Å²) in [5, 5.41) is 0. The van der Waals surface area contributed by atoms with Gasteiger partial charge in [0, 0.05) is 32.6 Å². The minimum absolute atomic E-state index is 0.325. The van der Waals surface area contributed by atoms with Crippen LogP contribution in [0.5, 0.6) is 0 Å². The zero-order chi connectivity index (χ0) is 13.9. The third-order valence-electron chi connectivity index (χ3n) is 3.84. The summed E-state index contributed by atoms with van der Waals surface area (Å²) in [7, 11) is 2.10. The quantitative estimate of drug-likeness (QED) is 0.752. The standard InChI is InChI=1S/C15H30N2O/c1-12(2)9-16(6)8-7-14(18)17-10-13(11-17)15(3,4)5/h12-13H,7-11H2,1-6H3. The molecule has 0 aliphatic carbocycles. The highest BCUT2D eigenvalue weighted by Crippen LogP contribution is 2.33. The molecule has 1 rings (SSSR count). The van der Waals surface area contributed by atoms with E-state index >= 15 is 0 Å². The fourth-order valence-corrected chi connectivity index (χ4v) is 2.39. The average molecular weight is 254 g/mol. The molecule has 18 heavy (non-hydrogen) atoms. The summed E-state index contributed by atoms with van der Waals surface area (Å²) in [5.74, 6) is 1.67. The summed E-state index contributed by atoms with van der Waals surface area (Å²) in [4.78, 5) is 16.3. The van der Waals surface area contributed by atoms with Crippen molar-refractivity contribution in [1.29, 1.82) is 0 Å². The molecule has 0 spiro atoms. The lowest BCUT2D eigenvalue weighted by molar-refractivity contribution is -0.140. The smallest absolute Gasteiger partial charge is 0.223 e. The van der Waals surface area contributed by atoms with Gasteiger partial charge < -0.3 is 9.80 Å². The summed E-state index contributed by atoms with van der Waals surface area (Å²) in [6.07, 6.45) is 0.667. The van der Waals surface area contributed by atoms with E-state index in [1.165, 1.54) is 0 Å². The van der Waals surface area contributed by atoms with Crippen LogP contribution >= 0.6 is 0 Å². The third-order valence-corrected chi connectivity index (χ3v) is 3.84. The Balaban J connectivity index is 2.20. The van der Waals surface area contributed by atoms with E-state index in [9.17, 15) is 4.79 Å². The van der Waals surface area contributed by atoms with Crippen LogP contribution < -0.4 is 0 Å². The predicted octanol–water partition coefficient (Wildman–Crippen LogP) is 2.47. The van der Waals surface area contributed by atoms with Crippen LogP contribution in [0.2, 0.25) is 0 Å². The molecule has 3 nitrogen and oxygen atoms in total. The lowest BCUT2D eigenvalue weighted by Gasteiger charge is -2.46. The van der Waals surface area contributed by atoms with Crippen LogP contribution in [0.3, 0.4) is 0 Å². The molecule has 1 aliphatic heterocycles. The third kappa shape index (κ3) is 4.60. The highest BCUT2D eigenvalue weighted by atomic mass is 16.2. The van der Waals surface area contributed by atoms with E-state index < -0.39 is 0 Å². The van der Waals surface area contributed by atoms with E-state index in [0.29, 0.717) is 29.6 Å². The fourth-order valence-electron chi connectivity index (χ4n) is 2.39. The SMILES string of the molecule is CC(C)CN(C)CCC(=O)N1CC(C(C)(C)C)C1. The van der Waals surface area contributed by atoms with Crippen LogP contribution in [-0.4, -0.2) is 48.9 Å². The molecule has 1 aliphatic rings. The van der Waals surface area contributed by atoms with Gasteiger partial charge in [0.1, 0.15) is 0 Å². The van der Waals surface area contributed by atoms with E-state index in [-0.39, 0.29) is 0 Å². The molecule has 0 saturated carbocycles. The number of likely N-dealkylation sites (tertiary alicyclic amines) is 1. The van der Waals surface area contributed by atoms with Crippen molar-refractivity contribution in [2.24, 2.45) is 17.3 Å². The normalized spacial score (nSPS) is 17.4. The van der Waals surface area contributed by atoms with Crippen molar-refractivity contribution in [3.05, 3.63) is 0 Å². The maximum atomic E-state index is 12.0. The van der Waals surface area contributed by atoms with Gasteiger partial charge in [-0.1, -0.05) is 34.6 Å². The Morgan fingerprint density at radius 3 is 2.33 bits per heavy atom. The molecular weight excluding hydrogens is 224 g/mol. The lowest BCUT2D eigenvalue weighted by atomic mass is 9.76. The van der Waals surface area contributed by atoms with Crippen LogP contribution in [0, 0.1) is 17.3 Å². The summed E-state index contributed by atoms with van der Waals surface area (Å²) >= 11 is 0. The first-order valence-corrected chi connectivity index (χ1v) is 7.16. The van der Waals surface area contributed by atoms with Crippen molar-refractivity contribution in [3.8, 4) is 0 Å². The molecule has 0 aromatic rings. The average Bonchev–Trinajstić information content (AvgIpc) is 2.08. The summed E-state index contributed by atoms with van der Waals surface area (Å²) in [5.41, 5.74) is 0.339. The number of carbonyl (C=O) groups is 1. The van der Waals surface area contributed by atoms with Crippen LogP contribution in [0.15, 0.2) is 0 Å². The van der Waals surface area contributed by atoms with Crippen LogP contribution in [0.4, 0.5) is 0 Å². The number of amides is 1. The molecule has 0 bridgehead atoms. The van der Waals surface area contributed by atoms with Crippen molar-refractivity contribution in [2.75, 3.05) is 33.2 Å². The Kier molecular flexibility index (Phi) is 5.20. The zero-order valence-corrected chi connectivity index (χ0v) is 13.0. The molecule has 1 fully saturated rings. The maximum Gasteiger partial charge on any atom is 0.223 e. The molecule has 3 heteroatoms. The number of rotatable bonds is 5. The Morgan fingerprint density at radius 1 is 1.33 bits per heavy atom. The summed E-state index contributed by atoms with van der Waals surface area (Å²) in [6.45, 7) is 15.1. The highest BCUT2D eigenvalue weighted by Gasteiger charge is 2.37.